The summed E-state index contributed by atoms with van der Waals surface area (Å²) in [6, 6.07) is 22.7. The van der Waals surface area contributed by atoms with E-state index in [0.29, 0.717) is 24.7 Å². The maximum absolute atomic E-state index is 14.3. The second-order valence-corrected chi connectivity index (χ2v) is 17.2. The number of piperidine rings is 1. The van der Waals surface area contributed by atoms with E-state index in [0.717, 1.165) is 18.4 Å². The molecule has 0 radical (unpaired) electrons. The van der Waals surface area contributed by atoms with E-state index < -0.39 is 51.5 Å². The summed E-state index contributed by atoms with van der Waals surface area (Å²) in [5.74, 6) is -1.62. The normalized spacial score (nSPS) is 16.3. The summed E-state index contributed by atoms with van der Waals surface area (Å²) >= 11 is 0. The molecule has 53 heavy (non-hydrogen) atoms. The van der Waals surface area contributed by atoms with Crippen LogP contribution in [0.2, 0.25) is 0 Å². The number of rotatable bonds is 15. The third-order valence-corrected chi connectivity index (χ3v) is 11.4. The molecule has 4 rings (SSSR count). The number of nitrogens with one attached hydrogen (secondary N) is 3. The number of aliphatic hydroxyl groups is 1. The van der Waals surface area contributed by atoms with E-state index in [1.165, 1.54) is 24.3 Å². The van der Waals surface area contributed by atoms with E-state index in [2.05, 4.69) is 16.0 Å². The molecule has 3 aromatic rings. The first-order valence-electron chi connectivity index (χ1n) is 18.4. The van der Waals surface area contributed by atoms with Crippen molar-refractivity contribution in [2.75, 3.05) is 20.1 Å². The average molecular weight is 749 g/mol. The molecule has 1 aliphatic heterocycles. The number of alkyl carbamates (subject to hydrolysis) is 1. The monoisotopic (exact) mass is 748 g/mol. The van der Waals surface area contributed by atoms with Gasteiger partial charge < -0.3 is 30.7 Å². The van der Waals surface area contributed by atoms with Crippen molar-refractivity contribution >= 4 is 27.7 Å². The molecular formula is C41H56N4O7S. The fraction of sp³-hybridized carbons (Fsp3) is 0.488. The molecule has 288 valence electrons. The molecular weight excluding hydrogens is 693 g/mol. The number of nitrogens with zero attached hydrogens (tertiary/aromatic N) is 1. The number of benzene rings is 3. The molecule has 1 heterocycles. The van der Waals surface area contributed by atoms with Gasteiger partial charge in [0.2, 0.25) is 21.7 Å². The molecule has 0 spiro atoms. The fourth-order valence-electron chi connectivity index (χ4n) is 6.54. The zero-order valence-electron chi connectivity index (χ0n) is 31.7. The number of amides is 3. The molecule has 1 aliphatic rings. The Morgan fingerprint density at radius 2 is 1.38 bits per heavy atom. The first kappa shape index (κ1) is 41.5. The minimum Gasteiger partial charge on any atom is -0.444 e. The number of sulfone groups is 1. The second kappa shape index (κ2) is 18.7. The van der Waals surface area contributed by atoms with Crippen LogP contribution >= 0.6 is 0 Å². The van der Waals surface area contributed by atoms with Crippen LogP contribution in [0.4, 0.5) is 4.79 Å². The highest BCUT2D eigenvalue weighted by atomic mass is 32.2. The van der Waals surface area contributed by atoms with Gasteiger partial charge in [-0.1, -0.05) is 74.5 Å². The molecule has 4 N–H and O–H groups in total. The first-order chi connectivity index (χ1) is 25.1. The summed E-state index contributed by atoms with van der Waals surface area (Å²) < 4.78 is 32.0. The number of likely N-dealkylation sites (tertiary alicyclic amines) is 1. The minimum absolute atomic E-state index is 0.0598. The van der Waals surface area contributed by atoms with Crippen LogP contribution in [0.1, 0.15) is 65.0 Å². The maximum atomic E-state index is 14.3. The largest absolute Gasteiger partial charge is 0.444 e. The summed E-state index contributed by atoms with van der Waals surface area (Å²) in [7, 11) is -1.84. The molecule has 4 atom stereocenters. The fourth-order valence-corrected chi connectivity index (χ4v) is 7.83. The average Bonchev–Trinajstić information content (AvgIpc) is 3.13. The Balaban J connectivity index is 1.61. The van der Waals surface area contributed by atoms with Crippen LogP contribution in [-0.4, -0.2) is 86.3 Å². The molecule has 1 fully saturated rings. The first-order valence-corrected chi connectivity index (χ1v) is 19.9. The van der Waals surface area contributed by atoms with Crippen molar-refractivity contribution < 1.29 is 32.6 Å². The SMILES string of the molecule is CNC1CCN(C(=O)[C@@H](NC(=O)C(Cc2ccc(S(=O)(=O)c3ccccc3)cc2)CC(O)C(Cc2ccccc2)NC(=O)OC(C)(C)C)C(C)C)CC1. The van der Waals surface area contributed by atoms with Crippen LogP contribution in [0.15, 0.2) is 94.7 Å². The smallest absolute Gasteiger partial charge is 0.407 e. The Morgan fingerprint density at radius 3 is 1.92 bits per heavy atom. The molecule has 1 saturated heterocycles. The van der Waals surface area contributed by atoms with E-state index in [1.54, 1.807) is 56.0 Å². The number of carbonyl (C=O) groups is 3. The van der Waals surface area contributed by atoms with Crippen molar-refractivity contribution in [3.8, 4) is 0 Å². The van der Waals surface area contributed by atoms with Crippen LogP contribution in [0.25, 0.3) is 0 Å². The van der Waals surface area contributed by atoms with E-state index >= 15 is 0 Å². The summed E-state index contributed by atoms with van der Waals surface area (Å²) in [4.78, 5) is 43.1. The molecule has 0 bridgehead atoms. The predicted octanol–water partition coefficient (Wildman–Crippen LogP) is 4.92. The van der Waals surface area contributed by atoms with Gasteiger partial charge in [-0.05, 0) is 101 Å². The van der Waals surface area contributed by atoms with Gasteiger partial charge in [0.25, 0.3) is 0 Å². The van der Waals surface area contributed by atoms with Crippen molar-refractivity contribution in [3.05, 3.63) is 96.1 Å². The molecule has 0 saturated carbocycles. The van der Waals surface area contributed by atoms with Gasteiger partial charge in [-0.2, -0.15) is 0 Å². The lowest BCUT2D eigenvalue weighted by Gasteiger charge is -2.36. The second-order valence-electron chi connectivity index (χ2n) is 15.2. The van der Waals surface area contributed by atoms with Gasteiger partial charge in [-0.15, -0.1) is 0 Å². The van der Waals surface area contributed by atoms with Crippen LogP contribution in [0, 0.1) is 11.8 Å². The lowest BCUT2D eigenvalue weighted by molar-refractivity contribution is -0.139. The Bertz CT molecular complexity index is 1740. The summed E-state index contributed by atoms with van der Waals surface area (Å²) in [6.45, 7) is 10.2. The van der Waals surface area contributed by atoms with E-state index in [-0.39, 0.29) is 40.9 Å². The van der Waals surface area contributed by atoms with Crippen LogP contribution < -0.4 is 16.0 Å². The van der Waals surface area contributed by atoms with Gasteiger partial charge >= 0.3 is 6.09 Å². The Morgan fingerprint density at radius 1 is 0.830 bits per heavy atom. The Kier molecular flexibility index (Phi) is 14.6. The lowest BCUT2D eigenvalue weighted by Crippen LogP contribution is -2.55. The third kappa shape index (κ3) is 12.1. The van der Waals surface area contributed by atoms with Gasteiger partial charge in [0.05, 0.1) is 21.9 Å². The lowest BCUT2D eigenvalue weighted by atomic mass is 9.88. The highest BCUT2D eigenvalue weighted by molar-refractivity contribution is 7.91. The van der Waals surface area contributed by atoms with Crippen molar-refractivity contribution in [1.29, 1.82) is 0 Å². The van der Waals surface area contributed by atoms with Gasteiger partial charge in [-0.25, -0.2) is 13.2 Å². The van der Waals surface area contributed by atoms with Gasteiger partial charge in [0, 0.05) is 25.0 Å². The summed E-state index contributed by atoms with van der Waals surface area (Å²) in [5, 5.41) is 20.9. The van der Waals surface area contributed by atoms with Crippen molar-refractivity contribution in [3.63, 3.8) is 0 Å². The van der Waals surface area contributed by atoms with E-state index in [4.69, 9.17) is 4.74 Å². The Hall–Kier alpha value is -4.26. The van der Waals surface area contributed by atoms with Crippen LogP contribution in [0.3, 0.4) is 0 Å². The molecule has 3 amide bonds. The molecule has 3 unspecified atom stereocenters. The van der Waals surface area contributed by atoms with E-state index in [9.17, 15) is 27.9 Å². The van der Waals surface area contributed by atoms with Gasteiger partial charge in [0.15, 0.2) is 0 Å². The number of ether oxygens (including phenoxy) is 1. The zero-order valence-corrected chi connectivity index (χ0v) is 32.6. The predicted molar refractivity (Wildman–Crippen MR) is 205 cm³/mol. The maximum Gasteiger partial charge on any atom is 0.407 e. The van der Waals surface area contributed by atoms with Crippen LogP contribution in [0.5, 0.6) is 0 Å². The van der Waals surface area contributed by atoms with Crippen molar-refractivity contribution in [1.82, 2.24) is 20.9 Å². The van der Waals surface area contributed by atoms with Crippen molar-refractivity contribution in [2.24, 2.45) is 11.8 Å². The van der Waals surface area contributed by atoms with Crippen LogP contribution in [-0.2, 0) is 37.0 Å². The van der Waals surface area contributed by atoms with Gasteiger partial charge in [0.1, 0.15) is 11.6 Å². The standard InChI is InChI=1S/C41H56N4O7S/c1-28(2)37(39(48)45-23-21-32(42-6)22-24-45)44-38(47)31(25-30-17-19-34(20-18-30)53(50,51)33-15-11-8-12-16-33)27-36(46)35(26-29-13-9-7-10-14-29)43-40(49)52-41(3,4)5/h7-20,28,31-32,35-37,42,46H,21-27H2,1-6H3,(H,43,49)(H,44,47)/t31?,35?,36?,37-/m0/s1. The minimum atomic E-state index is -3.75. The third-order valence-electron chi connectivity index (χ3n) is 9.58. The molecule has 12 heteroatoms. The van der Waals surface area contributed by atoms with Gasteiger partial charge in [-0.3, -0.25) is 9.59 Å². The van der Waals surface area contributed by atoms with Crippen molar-refractivity contribution in [2.45, 2.75) is 106 Å². The number of carbonyl (C=O) groups excluding carboxylic acids is 3. The zero-order chi connectivity index (χ0) is 38.8. The molecule has 11 nitrogen and oxygen atoms in total. The highest BCUT2D eigenvalue weighted by Crippen LogP contribution is 2.25. The molecule has 0 aliphatic carbocycles. The summed E-state index contributed by atoms with van der Waals surface area (Å²) in [5.41, 5.74) is 0.775. The van der Waals surface area contributed by atoms with E-state index in [1.807, 2.05) is 51.2 Å². The number of hydrogen-bond acceptors (Lipinski definition) is 8. The topological polar surface area (TPSA) is 154 Å². The Labute approximate surface area is 314 Å². The number of aliphatic hydroxyl groups excluding tert-OH is 1. The summed E-state index contributed by atoms with van der Waals surface area (Å²) in [6.07, 6.45) is 0.114. The number of hydrogen-bond donors (Lipinski definition) is 4. The molecule has 3 aromatic carbocycles. The quantitative estimate of drug-likeness (QED) is 0.171. The molecule has 0 aromatic heterocycles. The highest BCUT2D eigenvalue weighted by Gasteiger charge is 2.35.